The lowest BCUT2D eigenvalue weighted by Crippen LogP contribution is -2.59. The average Bonchev–Trinajstić information content (AvgIpc) is 2.47. The number of carbonyl (C=O) groups is 2. The number of amides is 1. The molecule has 0 bridgehead atoms. The molecule has 2 aliphatic carbocycles. The van der Waals surface area contributed by atoms with Crippen molar-refractivity contribution in [3.8, 4) is 0 Å². The van der Waals surface area contributed by atoms with Crippen molar-refractivity contribution >= 4 is 11.9 Å². The molecule has 0 radical (unpaired) electrons. The molecule has 6 heteroatoms. The predicted molar refractivity (Wildman–Crippen MR) is 91.8 cm³/mol. The molecule has 136 valence electrons. The first-order valence-electron chi connectivity index (χ1n) is 8.97. The molecule has 0 saturated heterocycles. The van der Waals surface area contributed by atoms with Gasteiger partial charge >= 0.3 is 5.97 Å². The molecule has 0 spiro atoms. The van der Waals surface area contributed by atoms with Crippen LogP contribution >= 0.6 is 0 Å². The fraction of sp³-hybridized carbons (Fsp3) is 0.579. The molecular formula is C19H25FN2O3. The molecule has 1 aromatic carbocycles. The van der Waals surface area contributed by atoms with Gasteiger partial charge in [-0.1, -0.05) is 25.5 Å². The summed E-state index contributed by atoms with van der Waals surface area (Å²) in [6.07, 6.45) is 4.01. The number of hydrogen-bond donors (Lipinski definition) is 2. The maximum absolute atomic E-state index is 13.6. The Morgan fingerprint density at radius 2 is 2.08 bits per heavy atom. The van der Waals surface area contributed by atoms with Crippen LogP contribution in [0.25, 0.3) is 0 Å². The van der Waals surface area contributed by atoms with E-state index < -0.39 is 11.4 Å². The van der Waals surface area contributed by atoms with Gasteiger partial charge in [0.1, 0.15) is 5.82 Å². The van der Waals surface area contributed by atoms with Crippen molar-refractivity contribution in [2.75, 3.05) is 13.1 Å². The SMILES string of the molecule is CCN(CC(=O)O)C1CC(NC(=O)C2(c3cccc(F)c3)CCC2)C1. The lowest BCUT2D eigenvalue weighted by atomic mass is 9.63. The summed E-state index contributed by atoms with van der Waals surface area (Å²) in [6, 6.07) is 6.63. The van der Waals surface area contributed by atoms with Crippen molar-refractivity contribution in [2.45, 2.75) is 56.5 Å². The van der Waals surface area contributed by atoms with Crippen LogP contribution in [0.4, 0.5) is 4.39 Å². The third-order valence-electron chi connectivity index (χ3n) is 5.73. The van der Waals surface area contributed by atoms with Crippen LogP contribution in [0.2, 0.25) is 0 Å². The number of carboxylic acids is 1. The molecule has 0 unspecified atom stereocenters. The maximum Gasteiger partial charge on any atom is 0.317 e. The van der Waals surface area contributed by atoms with Crippen molar-refractivity contribution in [3.63, 3.8) is 0 Å². The number of carbonyl (C=O) groups excluding carboxylic acids is 1. The molecule has 2 N–H and O–H groups in total. The zero-order valence-corrected chi connectivity index (χ0v) is 14.5. The largest absolute Gasteiger partial charge is 0.480 e. The fourth-order valence-electron chi connectivity index (χ4n) is 3.96. The molecule has 5 nitrogen and oxygen atoms in total. The second kappa shape index (κ2) is 7.12. The van der Waals surface area contributed by atoms with Gasteiger partial charge in [-0.25, -0.2) is 4.39 Å². The van der Waals surface area contributed by atoms with Gasteiger partial charge in [-0.15, -0.1) is 0 Å². The Balaban J connectivity index is 1.59. The number of carboxylic acid groups (broad SMARTS) is 1. The maximum atomic E-state index is 13.6. The second-order valence-corrected chi connectivity index (χ2v) is 7.20. The van der Waals surface area contributed by atoms with Crippen molar-refractivity contribution in [1.82, 2.24) is 10.2 Å². The summed E-state index contributed by atoms with van der Waals surface area (Å²) < 4.78 is 13.6. The summed E-state index contributed by atoms with van der Waals surface area (Å²) >= 11 is 0. The van der Waals surface area contributed by atoms with E-state index in [0.29, 0.717) is 6.54 Å². The van der Waals surface area contributed by atoms with Gasteiger partial charge in [-0.05, 0) is 49.9 Å². The number of aliphatic carboxylic acids is 1. The number of benzene rings is 1. The number of nitrogens with zero attached hydrogens (tertiary/aromatic N) is 1. The molecule has 1 aromatic rings. The van der Waals surface area contributed by atoms with Gasteiger partial charge in [0.25, 0.3) is 0 Å². The average molecular weight is 348 g/mol. The van der Waals surface area contributed by atoms with E-state index >= 15 is 0 Å². The fourth-order valence-corrected chi connectivity index (χ4v) is 3.96. The van der Waals surface area contributed by atoms with Gasteiger partial charge in [0.15, 0.2) is 0 Å². The first-order chi connectivity index (χ1) is 11.9. The molecule has 0 aromatic heterocycles. The Bertz CT molecular complexity index is 654. The summed E-state index contributed by atoms with van der Waals surface area (Å²) in [5.74, 6) is -1.16. The van der Waals surface area contributed by atoms with Crippen LogP contribution in [0.3, 0.4) is 0 Å². The molecule has 3 rings (SSSR count). The van der Waals surface area contributed by atoms with Crippen molar-refractivity contribution in [3.05, 3.63) is 35.6 Å². The number of nitrogens with one attached hydrogen (secondary N) is 1. The van der Waals surface area contributed by atoms with Gasteiger partial charge in [0.2, 0.25) is 5.91 Å². The Labute approximate surface area is 147 Å². The van der Waals surface area contributed by atoms with Crippen LogP contribution in [0.15, 0.2) is 24.3 Å². The summed E-state index contributed by atoms with van der Waals surface area (Å²) in [5.41, 5.74) is 0.159. The Hall–Kier alpha value is -1.95. The zero-order valence-electron chi connectivity index (χ0n) is 14.5. The van der Waals surface area contributed by atoms with Crippen LogP contribution in [-0.2, 0) is 15.0 Å². The van der Waals surface area contributed by atoms with Crippen molar-refractivity contribution in [1.29, 1.82) is 0 Å². The lowest BCUT2D eigenvalue weighted by molar-refractivity contribution is -0.140. The molecular weight excluding hydrogens is 323 g/mol. The smallest absolute Gasteiger partial charge is 0.317 e. The van der Waals surface area contributed by atoms with E-state index in [0.717, 1.165) is 37.7 Å². The summed E-state index contributed by atoms with van der Waals surface area (Å²) in [6.45, 7) is 2.67. The van der Waals surface area contributed by atoms with E-state index in [1.54, 1.807) is 6.07 Å². The quantitative estimate of drug-likeness (QED) is 0.793. The standard InChI is InChI=1S/C19H25FN2O3/c1-2-22(12-17(23)24)16-10-15(11-16)21-18(25)19(7-4-8-19)13-5-3-6-14(20)9-13/h3,5-6,9,15-16H,2,4,7-8,10-12H2,1H3,(H,21,25)(H,23,24). The zero-order chi connectivity index (χ0) is 18.0. The van der Waals surface area contributed by atoms with E-state index in [4.69, 9.17) is 5.11 Å². The highest BCUT2D eigenvalue weighted by molar-refractivity contribution is 5.89. The van der Waals surface area contributed by atoms with Crippen LogP contribution in [0, 0.1) is 5.82 Å². The van der Waals surface area contributed by atoms with Gasteiger partial charge < -0.3 is 10.4 Å². The van der Waals surface area contributed by atoms with Crippen LogP contribution in [0.1, 0.15) is 44.6 Å². The van der Waals surface area contributed by atoms with E-state index in [1.165, 1.54) is 12.1 Å². The molecule has 0 heterocycles. The first kappa shape index (κ1) is 17.9. The molecule has 2 saturated carbocycles. The van der Waals surface area contributed by atoms with Crippen LogP contribution < -0.4 is 5.32 Å². The third-order valence-corrected chi connectivity index (χ3v) is 5.73. The van der Waals surface area contributed by atoms with Gasteiger partial charge in [0, 0.05) is 12.1 Å². The van der Waals surface area contributed by atoms with E-state index in [1.807, 2.05) is 17.9 Å². The third kappa shape index (κ3) is 3.54. The Morgan fingerprint density at radius 3 is 2.60 bits per heavy atom. The van der Waals surface area contributed by atoms with Crippen molar-refractivity contribution in [2.24, 2.45) is 0 Å². The number of halogens is 1. The topological polar surface area (TPSA) is 69.6 Å². The van der Waals surface area contributed by atoms with E-state index in [-0.39, 0.29) is 30.4 Å². The molecule has 2 aliphatic rings. The van der Waals surface area contributed by atoms with Crippen LogP contribution in [-0.4, -0.2) is 47.1 Å². The van der Waals surface area contributed by atoms with Crippen molar-refractivity contribution < 1.29 is 19.1 Å². The van der Waals surface area contributed by atoms with Gasteiger partial charge in [-0.2, -0.15) is 0 Å². The Kier molecular flexibility index (Phi) is 5.08. The van der Waals surface area contributed by atoms with Gasteiger partial charge in [0.05, 0.1) is 12.0 Å². The Morgan fingerprint density at radius 1 is 1.36 bits per heavy atom. The van der Waals surface area contributed by atoms with E-state index in [9.17, 15) is 14.0 Å². The minimum atomic E-state index is -0.825. The predicted octanol–water partition coefficient (Wildman–Crippen LogP) is 2.30. The van der Waals surface area contributed by atoms with Gasteiger partial charge in [-0.3, -0.25) is 14.5 Å². The highest BCUT2D eigenvalue weighted by Crippen LogP contribution is 2.44. The number of likely N-dealkylation sites (N-methyl/N-ethyl adjacent to an activating group) is 1. The molecule has 1 amide bonds. The molecule has 0 aliphatic heterocycles. The number of hydrogen-bond acceptors (Lipinski definition) is 3. The highest BCUT2D eigenvalue weighted by Gasteiger charge is 2.47. The second-order valence-electron chi connectivity index (χ2n) is 7.20. The summed E-state index contributed by atoms with van der Waals surface area (Å²) in [4.78, 5) is 25.7. The lowest BCUT2D eigenvalue weighted by Gasteiger charge is -2.46. The van der Waals surface area contributed by atoms with E-state index in [2.05, 4.69) is 5.32 Å². The normalized spacial score (nSPS) is 24.3. The highest BCUT2D eigenvalue weighted by atomic mass is 19.1. The summed E-state index contributed by atoms with van der Waals surface area (Å²) in [7, 11) is 0. The molecule has 0 atom stereocenters. The minimum Gasteiger partial charge on any atom is -0.480 e. The molecule has 25 heavy (non-hydrogen) atoms. The molecule has 2 fully saturated rings. The first-order valence-corrected chi connectivity index (χ1v) is 8.97. The van der Waals surface area contributed by atoms with Crippen LogP contribution in [0.5, 0.6) is 0 Å². The minimum absolute atomic E-state index is 0.0194. The summed E-state index contributed by atoms with van der Waals surface area (Å²) in [5, 5.41) is 12.1. The monoisotopic (exact) mass is 348 g/mol. The number of rotatable bonds is 7.